The van der Waals surface area contributed by atoms with Crippen LogP contribution in [0.5, 0.6) is 5.75 Å². The number of anilines is 2. The van der Waals surface area contributed by atoms with Crippen LogP contribution in [0.2, 0.25) is 0 Å². The maximum absolute atomic E-state index is 13.2. The summed E-state index contributed by atoms with van der Waals surface area (Å²) in [5.41, 5.74) is 0.00131. The number of methoxy groups -OCH3 is 1. The van der Waals surface area contributed by atoms with Crippen LogP contribution in [0.1, 0.15) is 5.69 Å². The molecule has 0 amide bonds. The Labute approximate surface area is 153 Å². The second-order valence-electron chi connectivity index (χ2n) is 6.12. The fourth-order valence-electron chi connectivity index (χ4n) is 3.23. The number of aromatic nitrogens is 4. The standard InChI is InChI=1S/C17H17F3N6O/c1-27-13-5-3-2-4-12(13)24-6-8-25(9-7-24)15-10-14(17(18,19)20)23-16-21-11-22-26(15)16/h2-5,10-11H,6-9H2,1H3. The predicted molar refractivity (Wildman–Crippen MR) is 93.2 cm³/mol. The number of alkyl halides is 3. The maximum Gasteiger partial charge on any atom is 0.433 e. The second-order valence-corrected chi connectivity index (χ2v) is 6.12. The summed E-state index contributed by atoms with van der Waals surface area (Å²) < 4.78 is 46.3. The highest BCUT2D eigenvalue weighted by Gasteiger charge is 2.35. The van der Waals surface area contributed by atoms with Gasteiger partial charge in [0.1, 0.15) is 17.9 Å². The van der Waals surface area contributed by atoms with Crippen molar-refractivity contribution in [2.24, 2.45) is 0 Å². The van der Waals surface area contributed by atoms with E-state index in [1.807, 2.05) is 29.2 Å². The monoisotopic (exact) mass is 378 g/mol. The Balaban J connectivity index is 1.61. The molecule has 1 aliphatic rings. The molecule has 1 fully saturated rings. The van der Waals surface area contributed by atoms with Gasteiger partial charge >= 0.3 is 6.18 Å². The number of halogens is 3. The lowest BCUT2D eigenvalue weighted by atomic mass is 10.2. The summed E-state index contributed by atoms with van der Waals surface area (Å²) in [5.74, 6) is 1.05. The first-order valence-electron chi connectivity index (χ1n) is 8.38. The molecule has 2 aromatic heterocycles. The summed E-state index contributed by atoms with van der Waals surface area (Å²) in [7, 11) is 1.62. The Morgan fingerprint density at radius 1 is 1.04 bits per heavy atom. The van der Waals surface area contributed by atoms with E-state index in [2.05, 4.69) is 20.0 Å². The summed E-state index contributed by atoms with van der Waals surface area (Å²) >= 11 is 0. The Bertz CT molecular complexity index is 949. The Kier molecular flexibility index (Phi) is 4.25. The van der Waals surface area contributed by atoms with Crippen molar-refractivity contribution in [1.82, 2.24) is 19.6 Å². The van der Waals surface area contributed by atoms with Crippen LogP contribution in [0.4, 0.5) is 24.7 Å². The number of para-hydroxylation sites is 2. The molecule has 0 atom stereocenters. The van der Waals surface area contributed by atoms with E-state index in [9.17, 15) is 13.2 Å². The van der Waals surface area contributed by atoms with Crippen LogP contribution in [0.15, 0.2) is 36.7 Å². The number of piperazine rings is 1. The Morgan fingerprint density at radius 3 is 2.44 bits per heavy atom. The summed E-state index contributed by atoms with van der Waals surface area (Å²) in [6.07, 6.45) is -3.33. The molecule has 0 spiro atoms. The van der Waals surface area contributed by atoms with Gasteiger partial charge < -0.3 is 14.5 Å². The zero-order valence-electron chi connectivity index (χ0n) is 14.5. The van der Waals surface area contributed by atoms with Crippen LogP contribution in [0.25, 0.3) is 5.78 Å². The largest absolute Gasteiger partial charge is 0.495 e. The van der Waals surface area contributed by atoms with E-state index >= 15 is 0 Å². The van der Waals surface area contributed by atoms with Crippen molar-refractivity contribution in [1.29, 1.82) is 0 Å². The molecule has 27 heavy (non-hydrogen) atoms. The molecule has 3 aromatic rings. The third-order valence-electron chi connectivity index (χ3n) is 4.55. The lowest BCUT2D eigenvalue weighted by Gasteiger charge is -2.37. The number of nitrogens with zero attached hydrogens (tertiary/aromatic N) is 6. The minimum Gasteiger partial charge on any atom is -0.495 e. The second kappa shape index (κ2) is 6.60. The molecule has 4 rings (SSSR count). The van der Waals surface area contributed by atoms with E-state index in [-0.39, 0.29) is 5.78 Å². The minimum atomic E-state index is -4.54. The molecule has 0 unspecified atom stereocenters. The molecule has 0 N–H and O–H groups in total. The predicted octanol–water partition coefficient (Wildman–Crippen LogP) is 2.48. The van der Waals surface area contributed by atoms with Crippen LogP contribution in [0.3, 0.4) is 0 Å². The fraction of sp³-hybridized carbons (Fsp3) is 0.353. The smallest absolute Gasteiger partial charge is 0.433 e. The molecule has 0 aliphatic carbocycles. The van der Waals surface area contributed by atoms with Crippen molar-refractivity contribution in [2.45, 2.75) is 6.18 Å². The quantitative estimate of drug-likeness (QED) is 0.698. The van der Waals surface area contributed by atoms with Gasteiger partial charge in [-0.1, -0.05) is 12.1 Å². The van der Waals surface area contributed by atoms with Gasteiger partial charge in [0.2, 0.25) is 0 Å². The first kappa shape index (κ1) is 17.4. The molecule has 0 saturated carbocycles. The molecule has 7 nitrogen and oxygen atoms in total. The van der Waals surface area contributed by atoms with Crippen LogP contribution in [-0.4, -0.2) is 52.9 Å². The maximum atomic E-state index is 13.2. The van der Waals surface area contributed by atoms with Gasteiger partial charge in [0.05, 0.1) is 12.8 Å². The number of fused-ring (bicyclic) bond motifs is 1. The highest BCUT2D eigenvalue weighted by Crippen LogP contribution is 2.32. The normalized spacial score (nSPS) is 15.4. The van der Waals surface area contributed by atoms with Crippen LogP contribution in [-0.2, 0) is 6.18 Å². The van der Waals surface area contributed by atoms with Crippen LogP contribution < -0.4 is 14.5 Å². The van der Waals surface area contributed by atoms with Gasteiger partial charge in [-0.25, -0.2) is 4.98 Å². The molecule has 0 radical (unpaired) electrons. The zero-order valence-corrected chi connectivity index (χ0v) is 14.5. The van der Waals surface area contributed by atoms with Crippen LogP contribution >= 0.6 is 0 Å². The Hall–Kier alpha value is -3.04. The Morgan fingerprint density at radius 2 is 1.74 bits per heavy atom. The average Bonchev–Trinajstić information content (AvgIpc) is 3.15. The number of benzene rings is 1. The number of hydrogen-bond donors (Lipinski definition) is 0. The molecule has 10 heteroatoms. The van der Waals surface area contributed by atoms with Crippen molar-refractivity contribution in [2.75, 3.05) is 43.1 Å². The molecule has 0 bridgehead atoms. The number of ether oxygens (including phenoxy) is 1. The SMILES string of the molecule is COc1ccccc1N1CCN(c2cc(C(F)(F)F)nc3ncnn23)CC1. The minimum absolute atomic E-state index is 0.0630. The first-order chi connectivity index (χ1) is 13.0. The van der Waals surface area contributed by atoms with Gasteiger partial charge in [0.15, 0.2) is 5.69 Å². The molecule has 3 heterocycles. The van der Waals surface area contributed by atoms with Crippen molar-refractivity contribution in [3.63, 3.8) is 0 Å². The molecule has 142 valence electrons. The van der Waals surface area contributed by atoms with Crippen molar-refractivity contribution in [3.05, 3.63) is 42.4 Å². The van der Waals surface area contributed by atoms with Crippen molar-refractivity contribution >= 4 is 17.3 Å². The highest BCUT2D eigenvalue weighted by atomic mass is 19.4. The van der Waals surface area contributed by atoms with Crippen LogP contribution in [0, 0.1) is 0 Å². The summed E-state index contributed by atoms with van der Waals surface area (Å²) in [6, 6.07) is 8.72. The third-order valence-corrected chi connectivity index (χ3v) is 4.55. The van der Waals surface area contributed by atoms with Gasteiger partial charge in [0, 0.05) is 32.2 Å². The average molecular weight is 378 g/mol. The lowest BCUT2D eigenvalue weighted by molar-refractivity contribution is -0.141. The van der Waals surface area contributed by atoms with E-state index in [0.29, 0.717) is 32.0 Å². The van der Waals surface area contributed by atoms with E-state index in [0.717, 1.165) is 17.5 Å². The van der Waals surface area contributed by atoms with E-state index < -0.39 is 11.9 Å². The van der Waals surface area contributed by atoms with Gasteiger partial charge in [-0.3, -0.25) is 0 Å². The van der Waals surface area contributed by atoms with E-state index in [1.54, 1.807) is 7.11 Å². The molecule has 1 aromatic carbocycles. The van der Waals surface area contributed by atoms with Gasteiger partial charge in [-0.15, -0.1) is 0 Å². The number of rotatable bonds is 3. The summed E-state index contributed by atoms with van der Waals surface area (Å²) in [6.45, 7) is 2.35. The van der Waals surface area contributed by atoms with Crippen molar-refractivity contribution in [3.8, 4) is 5.75 Å². The van der Waals surface area contributed by atoms with E-state index in [4.69, 9.17) is 4.74 Å². The topological polar surface area (TPSA) is 58.8 Å². The molecular formula is C17H17F3N6O. The molecular weight excluding hydrogens is 361 g/mol. The van der Waals surface area contributed by atoms with Gasteiger partial charge in [-0.05, 0) is 12.1 Å². The van der Waals surface area contributed by atoms with Gasteiger partial charge in [-0.2, -0.15) is 27.8 Å². The fourth-order valence-corrected chi connectivity index (χ4v) is 3.23. The summed E-state index contributed by atoms with van der Waals surface area (Å²) in [5, 5.41) is 4.02. The molecule has 1 saturated heterocycles. The first-order valence-corrected chi connectivity index (χ1v) is 8.38. The summed E-state index contributed by atoms with van der Waals surface area (Å²) in [4.78, 5) is 11.4. The zero-order chi connectivity index (χ0) is 19.0. The highest BCUT2D eigenvalue weighted by molar-refractivity contribution is 5.60. The van der Waals surface area contributed by atoms with E-state index in [1.165, 1.54) is 10.8 Å². The third kappa shape index (κ3) is 3.22. The van der Waals surface area contributed by atoms with Crippen molar-refractivity contribution < 1.29 is 17.9 Å². The lowest BCUT2D eigenvalue weighted by Crippen LogP contribution is -2.47. The molecule has 1 aliphatic heterocycles. The number of hydrogen-bond acceptors (Lipinski definition) is 6. The van der Waals surface area contributed by atoms with Gasteiger partial charge in [0.25, 0.3) is 5.78 Å².